The zero-order valence-corrected chi connectivity index (χ0v) is 24.9. The number of hydrogen-bond donors (Lipinski definition) is 0. The van der Waals surface area contributed by atoms with Gasteiger partial charge < -0.3 is 18.6 Å². The Bertz CT molecular complexity index is 1170. The molecule has 0 amide bonds. The van der Waals surface area contributed by atoms with E-state index in [1.165, 1.54) is 0 Å². The van der Waals surface area contributed by atoms with Crippen LogP contribution in [0.25, 0.3) is 16.4 Å². The van der Waals surface area contributed by atoms with Crippen molar-refractivity contribution in [3.05, 3.63) is 35.4 Å². The molecule has 0 aliphatic carbocycles. The van der Waals surface area contributed by atoms with Gasteiger partial charge in [0, 0.05) is 5.39 Å². The largest absolute Gasteiger partial charge is 0.494 e. The predicted octanol–water partition coefficient (Wildman–Crippen LogP) is 6.80. The summed E-state index contributed by atoms with van der Waals surface area (Å²) in [6, 6.07) is 5.49. The lowest BCUT2D eigenvalue weighted by Gasteiger charge is -2.32. The average molecular weight is 636 g/mol. The molecule has 2 aromatic rings. The molecule has 2 aliphatic heterocycles. The molecule has 1 unspecified atom stereocenters. The normalized spacial score (nSPS) is 23.8. The summed E-state index contributed by atoms with van der Waals surface area (Å²) < 4.78 is 68.9. The standard InChI is InChI=1S/C23H31B2F3IN2O4P/c1-19(2)20(3,4)33-24(32-19)16(12-23(26,27)28)18(25-34-21(5,6)22(7,8)35-25)14-9-10-17-15(11-14)13-30-31(17)36-29/h9-11,13,36H,12H2,1-8H3/b18-16-. The first kappa shape index (κ1) is 28.4. The zero-order valence-electron chi connectivity index (χ0n) is 21.7. The first-order valence-electron chi connectivity index (χ1n) is 11.7. The van der Waals surface area contributed by atoms with Crippen LogP contribution in [0.15, 0.2) is 29.9 Å². The summed E-state index contributed by atoms with van der Waals surface area (Å²) in [5.41, 5.74) is -1.47. The van der Waals surface area contributed by atoms with Crippen molar-refractivity contribution in [1.82, 2.24) is 9.55 Å². The van der Waals surface area contributed by atoms with Gasteiger partial charge in [-0.25, -0.2) is 4.45 Å². The van der Waals surface area contributed by atoms with Crippen LogP contribution < -0.4 is 0 Å². The van der Waals surface area contributed by atoms with E-state index in [2.05, 4.69) is 27.1 Å². The minimum absolute atomic E-state index is 0.0536. The lowest BCUT2D eigenvalue weighted by molar-refractivity contribution is -0.126. The van der Waals surface area contributed by atoms with Gasteiger partial charge in [-0.1, -0.05) is 6.07 Å². The molecular formula is C23H31B2F3IN2O4P. The molecule has 1 aromatic carbocycles. The molecule has 4 rings (SSSR count). The molecule has 0 radical (unpaired) electrons. The molecule has 1 atom stereocenters. The van der Waals surface area contributed by atoms with Crippen LogP contribution in [-0.4, -0.2) is 52.4 Å². The molecule has 2 fully saturated rings. The van der Waals surface area contributed by atoms with Gasteiger partial charge in [0.1, 0.15) is 0 Å². The highest BCUT2D eigenvalue weighted by molar-refractivity contribution is 14.2. The average Bonchev–Trinajstić information content (AvgIpc) is 3.29. The fourth-order valence-electron chi connectivity index (χ4n) is 4.21. The van der Waals surface area contributed by atoms with Crippen molar-refractivity contribution >= 4 is 59.0 Å². The second kappa shape index (κ2) is 9.23. The van der Waals surface area contributed by atoms with Gasteiger partial charge in [-0.15, -0.1) is 0 Å². The zero-order chi connectivity index (χ0) is 26.9. The van der Waals surface area contributed by atoms with Gasteiger partial charge in [0.2, 0.25) is 0 Å². The van der Waals surface area contributed by atoms with E-state index in [-0.39, 0.29) is 10.9 Å². The van der Waals surface area contributed by atoms with E-state index in [4.69, 9.17) is 18.6 Å². The molecular weight excluding hydrogens is 605 g/mol. The minimum Gasteiger partial charge on any atom is -0.400 e. The lowest BCUT2D eigenvalue weighted by atomic mass is 9.61. The Morgan fingerprint density at radius 3 is 1.89 bits per heavy atom. The quantitative estimate of drug-likeness (QED) is 0.206. The van der Waals surface area contributed by atoms with Crippen molar-refractivity contribution in [3.63, 3.8) is 0 Å². The van der Waals surface area contributed by atoms with Crippen LogP contribution in [0, 0.1) is 0 Å². The molecule has 2 aliphatic rings. The monoisotopic (exact) mass is 636 g/mol. The van der Waals surface area contributed by atoms with Crippen LogP contribution in [0.4, 0.5) is 13.2 Å². The summed E-state index contributed by atoms with van der Waals surface area (Å²) in [6.45, 7) is 14.8. The highest BCUT2D eigenvalue weighted by Gasteiger charge is 2.58. The molecule has 36 heavy (non-hydrogen) atoms. The van der Waals surface area contributed by atoms with Crippen molar-refractivity contribution in [3.8, 4) is 0 Å². The van der Waals surface area contributed by atoms with E-state index in [0.717, 1.165) is 10.9 Å². The van der Waals surface area contributed by atoms with E-state index in [9.17, 15) is 13.2 Å². The first-order valence-corrected chi connectivity index (χ1v) is 15.8. The van der Waals surface area contributed by atoms with Crippen LogP contribution in [0.2, 0.25) is 0 Å². The number of alkyl halides is 3. The van der Waals surface area contributed by atoms with Crippen LogP contribution in [0.3, 0.4) is 0 Å². The molecule has 196 valence electrons. The third-order valence-corrected chi connectivity index (χ3v) is 9.61. The van der Waals surface area contributed by atoms with Gasteiger partial charge in [0.25, 0.3) is 0 Å². The Labute approximate surface area is 225 Å². The molecule has 1 aromatic heterocycles. The van der Waals surface area contributed by atoms with Gasteiger partial charge in [-0.2, -0.15) is 18.3 Å². The third-order valence-electron chi connectivity index (χ3n) is 7.72. The highest BCUT2D eigenvalue weighted by atomic mass is 127. The summed E-state index contributed by atoms with van der Waals surface area (Å²) in [5, 5.41) is 5.20. The second-order valence-corrected chi connectivity index (χ2v) is 13.4. The third kappa shape index (κ3) is 5.15. The Hall–Kier alpha value is -0.650. The number of benzene rings is 1. The van der Waals surface area contributed by atoms with E-state index in [1.807, 2.05) is 72.0 Å². The second-order valence-electron chi connectivity index (χ2n) is 11.3. The van der Waals surface area contributed by atoms with Crippen LogP contribution in [-0.2, 0) is 18.6 Å². The summed E-state index contributed by atoms with van der Waals surface area (Å²) in [7, 11) is -2.27. The first-order chi connectivity index (χ1) is 16.4. The van der Waals surface area contributed by atoms with E-state index >= 15 is 0 Å². The molecule has 0 spiro atoms. The molecule has 3 heterocycles. The van der Waals surface area contributed by atoms with Gasteiger partial charge in [-0.3, -0.25) is 0 Å². The Kier molecular flexibility index (Phi) is 7.27. The molecule has 0 saturated carbocycles. The number of hydrogen-bond acceptors (Lipinski definition) is 5. The summed E-state index contributed by atoms with van der Waals surface area (Å²) in [4.78, 5) is 0. The maximum absolute atomic E-state index is 14.1. The summed E-state index contributed by atoms with van der Waals surface area (Å²) in [6.07, 6.45) is -3.63. The van der Waals surface area contributed by atoms with Crippen LogP contribution in [0.5, 0.6) is 0 Å². The number of nitrogens with zero attached hydrogens (tertiary/aromatic N) is 2. The van der Waals surface area contributed by atoms with E-state index < -0.39 is 49.2 Å². The molecule has 2 saturated heterocycles. The topological polar surface area (TPSA) is 54.7 Å². The van der Waals surface area contributed by atoms with Crippen LogP contribution in [0.1, 0.15) is 67.4 Å². The minimum atomic E-state index is -4.51. The number of halogens is 4. The number of fused-ring (bicyclic) bond motifs is 1. The highest BCUT2D eigenvalue weighted by Crippen LogP contribution is 2.47. The smallest absolute Gasteiger partial charge is 0.400 e. The Morgan fingerprint density at radius 2 is 1.42 bits per heavy atom. The molecule has 13 heteroatoms. The van der Waals surface area contributed by atoms with Crippen LogP contribution >= 0.6 is 28.4 Å². The lowest BCUT2D eigenvalue weighted by Crippen LogP contribution is -2.41. The van der Waals surface area contributed by atoms with Crippen molar-refractivity contribution in [1.29, 1.82) is 0 Å². The van der Waals surface area contributed by atoms with Gasteiger partial charge >= 0.3 is 20.4 Å². The van der Waals surface area contributed by atoms with Crippen molar-refractivity contribution in [2.24, 2.45) is 0 Å². The van der Waals surface area contributed by atoms with Gasteiger partial charge in [0.05, 0.1) is 46.9 Å². The fraction of sp³-hybridized carbons (Fsp3) is 0.609. The van der Waals surface area contributed by atoms with Gasteiger partial charge in [0.15, 0.2) is 0 Å². The SMILES string of the molecule is CC1(C)OB(/C(CC(F)(F)F)=C(\B2OC(C)(C)C(C)(C)O2)c2ccc3c(cnn3PI)c2)OC1(C)C. The maximum atomic E-state index is 14.1. The van der Waals surface area contributed by atoms with E-state index in [1.54, 1.807) is 12.3 Å². The number of rotatable bonds is 5. The van der Waals surface area contributed by atoms with Crippen molar-refractivity contribution in [2.45, 2.75) is 90.4 Å². The Morgan fingerprint density at radius 1 is 0.917 bits per heavy atom. The molecule has 0 bridgehead atoms. The van der Waals surface area contributed by atoms with Crippen molar-refractivity contribution in [2.75, 3.05) is 0 Å². The summed E-state index contributed by atoms with van der Waals surface area (Å²) in [5.74, 6) is 0. The maximum Gasteiger partial charge on any atom is 0.494 e. The Balaban J connectivity index is 1.95. The molecule has 6 nitrogen and oxygen atoms in total. The number of aromatic nitrogens is 2. The van der Waals surface area contributed by atoms with Crippen molar-refractivity contribution < 1.29 is 31.8 Å². The summed E-state index contributed by atoms with van der Waals surface area (Å²) >= 11 is 2.24. The molecule has 0 N–H and O–H groups in total. The van der Waals surface area contributed by atoms with Gasteiger partial charge in [-0.05, 0) is 106 Å². The number of allylic oxidation sites excluding steroid dienone is 1. The fourth-order valence-corrected chi connectivity index (χ4v) is 5.76. The predicted molar refractivity (Wildman–Crippen MR) is 147 cm³/mol. The van der Waals surface area contributed by atoms with E-state index in [0.29, 0.717) is 11.9 Å².